The molecule has 25 heavy (non-hydrogen) atoms. The Labute approximate surface area is 153 Å². The molecule has 1 aliphatic rings. The standard InChI is InChI=1S/C20H34N4O/c1-6-17-7-9-18(10-8-17)15-24(5)19(21-2)22-16-20(23(3)4)11-13-25-14-12-20/h7-10H,6,11-16H2,1-5H3,(H,21,22). The van der Waals surface area contributed by atoms with E-state index >= 15 is 0 Å². The van der Waals surface area contributed by atoms with E-state index in [1.165, 1.54) is 11.1 Å². The molecule has 0 amide bonds. The van der Waals surface area contributed by atoms with Gasteiger partial charge in [0.2, 0.25) is 0 Å². The Balaban J connectivity index is 1.96. The minimum Gasteiger partial charge on any atom is -0.381 e. The van der Waals surface area contributed by atoms with Gasteiger partial charge in [0, 0.05) is 45.9 Å². The summed E-state index contributed by atoms with van der Waals surface area (Å²) < 4.78 is 5.56. The van der Waals surface area contributed by atoms with Crippen LogP contribution in [0.5, 0.6) is 0 Å². The molecule has 1 N–H and O–H groups in total. The number of ether oxygens (including phenoxy) is 1. The van der Waals surface area contributed by atoms with Gasteiger partial charge in [0.25, 0.3) is 0 Å². The zero-order valence-corrected chi connectivity index (χ0v) is 16.5. The SMILES string of the molecule is CCc1ccc(CN(C)C(=NC)NCC2(N(C)C)CCOCC2)cc1. The average Bonchev–Trinajstić information content (AvgIpc) is 2.63. The molecule has 0 radical (unpaired) electrons. The minimum absolute atomic E-state index is 0.137. The van der Waals surface area contributed by atoms with Crippen molar-refractivity contribution >= 4 is 5.96 Å². The lowest BCUT2D eigenvalue weighted by Gasteiger charge is -2.43. The van der Waals surface area contributed by atoms with E-state index in [0.29, 0.717) is 0 Å². The van der Waals surface area contributed by atoms with Gasteiger partial charge in [-0.15, -0.1) is 0 Å². The Morgan fingerprint density at radius 2 is 1.72 bits per heavy atom. The third kappa shape index (κ3) is 5.19. The normalized spacial score (nSPS) is 17.6. The van der Waals surface area contributed by atoms with E-state index in [0.717, 1.165) is 51.5 Å². The highest BCUT2D eigenvalue weighted by molar-refractivity contribution is 5.79. The fourth-order valence-corrected chi connectivity index (χ4v) is 3.39. The number of guanidine groups is 1. The van der Waals surface area contributed by atoms with Crippen molar-refractivity contribution in [3.8, 4) is 0 Å². The highest BCUT2D eigenvalue weighted by Gasteiger charge is 2.35. The molecule has 1 aromatic rings. The predicted octanol–water partition coefficient (Wildman–Crippen LogP) is 2.37. The molecule has 0 aliphatic carbocycles. The number of nitrogens with zero attached hydrogens (tertiary/aromatic N) is 3. The molecule has 0 atom stereocenters. The monoisotopic (exact) mass is 346 g/mol. The first-order valence-corrected chi connectivity index (χ1v) is 9.25. The maximum Gasteiger partial charge on any atom is 0.193 e. The summed E-state index contributed by atoms with van der Waals surface area (Å²) >= 11 is 0. The molecule has 5 nitrogen and oxygen atoms in total. The maximum absolute atomic E-state index is 5.56. The van der Waals surface area contributed by atoms with Crippen LogP contribution in [-0.2, 0) is 17.7 Å². The van der Waals surface area contributed by atoms with E-state index in [9.17, 15) is 0 Å². The summed E-state index contributed by atoms with van der Waals surface area (Å²) in [5.74, 6) is 0.937. The summed E-state index contributed by atoms with van der Waals surface area (Å²) in [6, 6.07) is 8.84. The van der Waals surface area contributed by atoms with E-state index in [4.69, 9.17) is 4.74 Å². The largest absolute Gasteiger partial charge is 0.381 e. The zero-order valence-electron chi connectivity index (χ0n) is 16.5. The first-order chi connectivity index (χ1) is 12.0. The molecule has 1 saturated heterocycles. The van der Waals surface area contributed by atoms with E-state index in [1.807, 2.05) is 7.05 Å². The summed E-state index contributed by atoms with van der Waals surface area (Å²) in [6.45, 7) is 5.58. The number of hydrogen-bond donors (Lipinski definition) is 1. The first-order valence-electron chi connectivity index (χ1n) is 9.25. The Bertz CT molecular complexity index is 547. The van der Waals surface area contributed by atoms with Crippen LogP contribution in [0.2, 0.25) is 0 Å². The molecule has 1 aliphatic heterocycles. The van der Waals surface area contributed by atoms with Crippen molar-refractivity contribution in [1.82, 2.24) is 15.1 Å². The van der Waals surface area contributed by atoms with E-state index < -0.39 is 0 Å². The topological polar surface area (TPSA) is 40.1 Å². The van der Waals surface area contributed by atoms with Crippen LogP contribution in [0.3, 0.4) is 0 Å². The Hall–Kier alpha value is -1.59. The predicted molar refractivity (Wildman–Crippen MR) is 105 cm³/mol. The van der Waals surface area contributed by atoms with Crippen LogP contribution in [0.15, 0.2) is 29.3 Å². The second-order valence-corrected chi connectivity index (χ2v) is 7.16. The average molecular weight is 347 g/mol. The van der Waals surface area contributed by atoms with Gasteiger partial charge in [-0.25, -0.2) is 0 Å². The molecule has 1 heterocycles. The van der Waals surface area contributed by atoms with Gasteiger partial charge in [0.1, 0.15) is 0 Å². The second kappa shape index (κ2) is 9.20. The lowest BCUT2D eigenvalue weighted by atomic mass is 9.88. The van der Waals surface area contributed by atoms with Crippen molar-refractivity contribution in [3.63, 3.8) is 0 Å². The van der Waals surface area contributed by atoms with Crippen molar-refractivity contribution in [2.75, 3.05) is 47.9 Å². The second-order valence-electron chi connectivity index (χ2n) is 7.16. The third-order valence-electron chi connectivity index (χ3n) is 5.37. The van der Waals surface area contributed by atoms with E-state index in [-0.39, 0.29) is 5.54 Å². The minimum atomic E-state index is 0.137. The van der Waals surface area contributed by atoms with Crippen LogP contribution < -0.4 is 5.32 Å². The van der Waals surface area contributed by atoms with Gasteiger partial charge in [0.05, 0.1) is 0 Å². The fourth-order valence-electron chi connectivity index (χ4n) is 3.39. The molecule has 1 fully saturated rings. The highest BCUT2D eigenvalue weighted by Crippen LogP contribution is 2.25. The van der Waals surface area contributed by atoms with Crippen molar-refractivity contribution in [2.45, 2.75) is 38.3 Å². The van der Waals surface area contributed by atoms with Crippen LogP contribution in [0.25, 0.3) is 0 Å². The van der Waals surface area contributed by atoms with Crippen LogP contribution in [0.1, 0.15) is 30.9 Å². The van der Waals surface area contributed by atoms with Crippen molar-refractivity contribution in [1.29, 1.82) is 0 Å². The molecule has 140 valence electrons. The summed E-state index contributed by atoms with van der Waals surface area (Å²) in [7, 11) is 8.27. The van der Waals surface area contributed by atoms with Gasteiger partial charge in [-0.2, -0.15) is 0 Å². The molecular weight excluding hydrogens is 312 g/mol. The third-order valence-corrected chi connectivity index (χ3v) is 5.37. The molecular formula is C20H34N4O. The molecule has 1 aromatic carbocycles. The van der Waals surface area contributed by atoms with Crippen LogP contribution in [0, 0.1) is 0 Å². The molecule has 0 saturated carbocycles. The fraction of sp³-hybridized carbons (Fsp3) is 0.650. The number of aryl methyl sites for hydroxylation is 1. The van der Waals surface area contributed by atoms with Crippen molar-refractivity contribution in [2.24, 2.45) is 4.99 Å². The van der Waals surface area contributed by atoms with Crippen LogP contribution in [-0.4, -0.2) is 69.2 Å². The lowest BCUT2D eigenvalue weighted by molar-refractivity contribution is -0.00522. The first kappa shape index (κ1) is 19.7. The Morgan fingerprint density at radius 1 is 1.12 bits per heavy atom. The number of aliphatic imine (C=N–C) groups is 1. The number of nitrogens with one attached hydrogen (secondary N) is 1. The lowest BCUT2D eigenvalue weighted by Crippen LogP contribution is -2.57. The summed E-state index contributed by atoms with van der Waals surface area (Å²) in [5.41, 5.74) is 2.81. The van der Waals surface area contributed by atoms with Crippen LogP contribution in [0.4, 0.5) is 0 Å². The summed E-state index contributed by atoms with van der Waals surface area (Å²) in [5, 5.41) is 3.58. The number of benzene rings is 1. The molecule has 0 bridgehead atoms. The van der Waals surface area contributed by atoms with Gasteiger partial charge in [0.15, 0.2) is 5.96 Å². The van der Waals surface area contributed by atoms with E-state index in [1.54, 1.807) is 0 Å². The number of rotatable bonds is 6. The maximum atomic E-state index is 5.56. The Kier molecular flexibility index (Phi) is 7.26. The van der Waals surface area contributed by atoms with E-state index in [2.05, 4.69) is 72.4 Å². The molecule has 0 unspecified atom stereocenters. The molecule has 5 heteroatoms. The molecule has 0 aromatic heterocycles. The van der Waals surface area contributed by atoms with Crippen molar-refractivity contribution < 1.29 is 4.74 Å². The molecule has 2 rings (SSSR count). The Morgan fingerprint density at radius 3 is 2.24 bits per heavy atom. The van der Waals surface area contributed by atoms with Gasteiger partial charge in [-0.05, 0) is 44.5 Å². The highest BCUT2D eigenvalue weighted by atomic mass is 16.5. The van der Waals surface area contributed by atoms with Gasteiger partial charge < -0.3 is 19.9 Å². The van der Waals surface area contributed by atoms with Gasteiger partial charge in [-0.1, -0.05) is 31.2 Å². The van der Waals surface area contributed by atoms with Gasteiger partial charge >= 0.3 is 0 Å². The quantitative estimate of drug-likeness (QED) is 0.634. The number of hydrogen-bond acceptors (Lipinski definition) is 3. The summed E-state index contributed by atoms with van der Waals surface area (Å²) in [4.78, 5) is 8.99. The van der Waals surface area contributed by atoms with Gasteiger partial charge in [-0.3, -0.25) is 4.99 Å². The molecule has 0 spiro atoms. The number of likely N-dealkylation sites (N-methyl/N-ethyl adjacent to an activating group) is 1. The zero-order chi connectivity index (χ0) is 18.3. The van der Waals surface area contributed by atoms with Crippen molar-refractivity contribution in [3.05, 3.63) is 35.4 Å². The summed E-state index contributed by atoms with van der Waals surface area (Å²) in [6.07, 6.45) is 3.17. The smallest absolute Gasteiger partial charge is 0.193 e. The van der Waals surface area contributed by atoms with Crippen LogP contribution >= 0.6 is 0 Å².